The Labute approximate surface area is 121 Å². The minimum Gasteiger partial charge on any atom is -0.382 e. The van der Waals surface area contributed by atoms with Crippen LogP contribution in [0.15, 0.2) is 29.3 Å². The molecule has 110 valence electrons. The molecule has 0 spiro atoms. The normalized spacial score (nSPS) is 21.8. The Morgan fingerprint density at radius 3 is 3.00 bits per heavy atom. The van der Waals surface area contributed by atoms with Crippen LogP contribution in [0.4, 0.5) is 0 Å². The number of nitrogens with two attached hydrogens (primary N) is 1. The van der Waals surface area contributed by atoms with Crippen LogP contribution in [0.1, 0.15) is 36.8 Å². The zero-order valence-electron chi connectivity index (χ0n) is 12.4. The molecule has 2 rings (SSSR count). The molecule has 4 heteroatoms. The lowest BCUT2D eigenvalue weighted by atomic mass is 10.0. The molecule has 0 saturated heterocycles. The van der Waals surface area contributed by atoms with E-state index in [1.54, 1.807) is 0 Å². The summed E-state index contributed by atoms with van der Waals surface area (Å²) in [7, 11) is 0. The molecular formula is C16H25N3O. The molecule has 1 aromatic carbocycles. The maximum Gasteiger partial charge on any atom is 0.188 e. The Morgan fingerprint density at radius 2 is 2.25 bits per heavy atom. The van der Waals surface area contributed by atoms with E-state index in [1.165, 1.54) is 11.1 Å². The average molecular weight is 275 g/mol. The van der Waals surface area contributed by atoms with Crippen LogP contribution in [0.25, 0.3) is 0 Å². The first-order valence-corrected chi connectivity index (χ1v) is 7.42. The lowest BCUT2D eigenvalue weighted by molar-refractivity contribution is 0.146. The number of hydrogen-bond acceptors (Lipinski definition) is 2. The van der Waals surface area contributed by atoms with E-state index in [4.69, 9.17) is 10.5 Å². The van der Waals surface area contributed by atoms with Gasteiger partial charge in [-0.05, 0) is 37.8 Å². The summed E-state index contributed by atoms with van der Waals surface area (Å²) in [6.07, 6.45) is 2.06. The number of ether oxygens (including phenoxy) is 1. The van der Waals surface area contributed by atoms with Crippen molar-refractivity contribution in [3.63, 3.8) is 0 Å². The molecule has 1 fully saturated rings. The molecule has 1 aliphatic rings. The van der Waals surface area contributed by atoms with Crippen molar-refractivity contribution in [3.05, 3.63) is 35.4 Å². The third kappa shape index (κ3) is 4.23. The Bertz CT molecular complexity index is 459. The maximum absolute atomic E-state index is 5.91. The molecule has 2 unspecified atom stereocenters. The second-order valence-electron chi connectivity index (χ2n) is 5.27. The molecule has 4 nitrogen and oxygen atoms in total. The molecule has 0 radical (unpaired) electrons. The topological polar surface area (TPSA) is 59.6 Å². The van der Waals surface area contributed by atoms with E-state index in [0.29, 0.717) is 17.9 Å². The van der Waals surface area contributed by atoms with Gasteiger partial charge in [-0.2, -0.15) is 0 Å². The quantitative estimate of drug-likeness (QED) is 0.455. The highest BCUT2D eigenvalue weighted by Crippen LogP contribution is 2.41. The summed E-state index contributed by atoms with van der Waals surface area (Å²) in [6.45, 7) is 6.40. The van der Waals surface area contributed by atoms with Crippen molar-refractivity contribution in [2.45, 2.75) is 38.6 Å². The Hall–Kier alpha value is -1.55. The van der Waals surface area contributed by atoms with Gasteiger partial charge in [-0.3, -0.25) is 4.99 Å². The van der Waals surface area contributed by atoms with Gasteiger partial charge >= 0.3 is 0 Å². The molecule has 0 aromatic heterocycles. The largest absolute Gasteiger partial charge is 0.382 e. The predicted octanol–water partition coefficient (Wildman–Crippen LogP) is 2.18. The molecule has 0 aliphatic heterocycles. The van der Waals surface area contributed by atoms with Crippen LogP contribution in [-0.2, 0) is 4.74 Å². The number of hydrogen-bond donors (Lipinski definition) is 2. The zero-order valence-corrected chi connectivity index (χ0v) is 12.4. The van der Waals surface area contributed by atoms with Crippen LogP contribution in [0.3, 0.4) is 0 Å². The van der Waals surface area contributed by atoms with Crippen molar-refractivity contribution < 1.29 is 4.74 Å². The van der Waals surface area contributed by atoms with Gasteiger partial charge in [0.2, 0.25) is 0 Å². The van der Waals surface area contributed by atoms with Crippen LogP contribution in [0.5, 0.6) is 0 Å². The summed E-state index contributed by atoms with van der Waals surface area (Å²) in [4.78, 5) is 4.33. The standard InChI is InChI=1S/C16H25N3O/c1-3-20-10-6-9-18-16(17)19-15-11-14(15)13-8-5-4-7-12(13)2/h4-5,7-8,14-15H,3,6,9-11H2,1-2H3,(H3,17,18,19). The molecule has 0 amide bonds. The third-order valence-electron chi connectivity index (χ3n) is 3.64. The molecule has 20 heavy (non-hydrogen) atoms. The van der Waals surface area contributed by atoms with Gasteiger partial charge in [0.25, 0.3) is 0 Å². The van der Waals surface area contributed by atoms with E-state index in [9.17, 15) is 0 Å². The molecule has 1 aromatic rings. The van der Waals surface area contributed by atoms with Crippen LogP contribution in [0, 0.1) is 6.92 Å². The number of guanidine groups is 1. The number of nitrogens with zero attached hydrogens (tertiary/aromatic N) is 1. The molecule has 1 aliphatic carbocycles. The molecular weight excluding hydrogens is 250 g/mol. The Morgan fingerprint density at radius 1 is 1.45 bits per heavy atom. The molecule has 3 N–H and O–H groups in total. The molecule has 1 saturated carbocycles. The first-order chi connectivity index (χ1) is 9.72. The minimum absolute atomic E-state index is 0.437. The first-order valence-electron chi connectivity index (χ1n) is 7.42. The van der Waals surface area contributed by atoms with E-state index in [0.717, 1.165) is 32.6 Å². The van der Waals surface area contributed by atoms with E-state index in [2.05, 4.69) is 41.5 Å². The predicted molar refractivity (Wildman–Crippen MR) is 83.1 cm³/mol. The van der Waals surface area contributed by atoms with E-state index >= 15 is 0 Å². The number of nitrogens with one attached hydrogen (secondary N) is 1. The van der Waals surface area contributed by atoms with Crippen LogP contribution < -0.4 is 11.1 Å². The monoisotopic (exact) mass is 275 g/mol. The first kappa shape index (κ1) is 14.9. The molecule has 0 heterocycles. The van der Waals surface area contributed by atoms with Crippen molar-refractivity contribution in [2.24, 2.45) is 10.7 Å². The van der Waals surface area contributed by atoms with Gasteiger partial charge in [0.15, 0.2) is 5.96 Å². The van der Waals surface area contributed by atoms with Crippen molar-refractivity contribution >= 4 is 5.96 Å². The van der Waals surface area contributed by atoms with E-state index in [1.807, 2.05) is 6.92 Å². The summed E-state index contributed by atoms with van der Waals surface area (Å²) in [6, 6.07) is 8.99. The SMILES string of the molecule is CCOCCCN=C(N)NC1CC1c1ccccc1C. The van der Waals surface area contributed by atoms with Crippen molar-refractivity contribution in [1.29, 1.82) is 0 Å². The van der Waals surface area contributed by atoms with E-state index in [-0.39, 0.29) is 0 Å². The number of benzene rings is 1. The second-order valence-corrected chi connectivity index (χ2v) is 5.27. The molecule has 0 bridgehead atoms. The lowest BCUT2D eigenvalue weighted by Gasteiger charge is -2.07. The summed E-state index contributed by atoms with van der Waals surface area (Å²) < 4.78 is 5.27. The summed E-state index contributed by atoms with van der Waals surface area (Å²) in [5, 5.41) is 3.31. The van der Waals surface area contributed by atoms with Gasteiger partial charge in [0, 0.05) is 31.7 Å². The highest BCUT2D eigenvalue weighted by atomic mass is 16.5. The maximum atomic E-state index is 5.91. The fourth-order valence-electron chi connectivity index (χ4n) is 2.45. The number of aryl methyl sites for hydroxylation is 1. The fourth-order valence-corrected chi connectivity index (χ4v) is 2.45. The van der Waals surface area contributed by atoms with Gasteiger partial charge in [0.05, 0.1) is 0 Å². The van der Waals surface area contributed by atoms with Gasteiger partial charge in [0.1, 0.15) is 0 Å². The number of rotatable bonds is 7. The lowest BCUT2D eigenvalue weighted by Crippen LogP contribution is -2.34. The van der Waals surface area contributed by atoms with Crippen molar-refractivity contribution in [3.8, 4) is 0 Å². The highest BCUT2D eigenvalue weighted by Gasteiger charge is 2.39. The summed E-state index contributed by atoms with van der Waals surface area (Å²) in [5.41, 5.74) is 8.69. The highest BCUT2D eigenvalue weighted by molar-refractivity contribution is 5.78. The van der Waals surface area contributed by atoms with Gasteiger partial charge in [-0.15, -0.1) is 0 Å². The Kier molecular flexibility index (Phi) is 5.41. The van der Waals surface area contributed by atoms with Crippen LogP contribution >= 0.6 is 0 Å². The van der Waals surface area contributed by atoms with Gasteiger partial charge < -0.3 is 15.8 Å². The van der Waals surface area contributed by atoms with Gasteiger partial charge in [-0.25, -0.2) is 0 Å². The van der Waals surface area contributed by atoms with Crippen LogP contribution in [-0.4, -0.2) is 31.8 Å². The molecule has 2 atom stereocenters. The smallest absolute Gasteiger partial charge is 0.188 e. The van der Waals surface area contributed by atoms with Crippen LogP contribution in [0.2, 0.25) is 0 Å². The summed E-state index contributed by atoms with van der Waals surface area (Å²) >= 11 is 0. The fraction of sp³-hybridized carbons (Fsp3) is 0.562. The van der Waals surface area contributed by atoms with Gasteiger partial charge in [-0.1, -0.05) is 24.3 Å². The van der Waals surface area contributed by atoms with E-state index < -0.39 is 0 Å². The number of aliphatic imine (C=N–C) groups is 1. The second kappa shape index (κ2) is 7.29. The minimum atomic E-state index is 0.437. The Balaban J connectivity index is 1.73. The van der Waals surface area contributed by atoms with Crippen molar-refractivity contribution in [2.75, 3.05) is 19.8 Å². The van der Waals surface area contributed by atoms with Crippen molar-refractivity contribution in [1.82, 2.24) is 5.32 Å². The third-order valence-corrected chi connectivity index (χ3v) is 3.64. The zero-order chi connectivity index (χ0) is 14.4. The average Bonchev–Trinajstić information content (AvgIpc) is 3.18. The summed E-state index contributed by atoms with van der Waals surface area (Å²) in [5.74, 6) is 1.14.